The SMILES string of the molecule is CCC(C)(O)CNCc1ccc(Br)c([N+](=O)[O-])c1. The Hall–Kier alpha value is -0.980. The van der Waals surface area contributed by atoms with Crippen molar-refractivity contribution in [3.05, 3.63) is 38.3 Å². The van der Waals surface area contributed by atoms with Crippen molar-refractivity contribution < 1.29 is 10.0 Å². The number of rotatable bonds is 6. The summed E-state index contributed by atoms with van der Waals surface area (Å²) in [5.41, 5.74) is 0.120. The van der Waals surface area contributed by atoms with E-state index in [0.717, 1.165) is 5.56 Å². The Labute approximate surface area is 114 Å². The topological polar surface area (TPSA) is 75.4 Å². The van der Waals surface area contributed by atoms with E-state index in [4.69, 9.17) is 0 Å². The predicted molar refractivity (Wildman–Crippen MR) is 73.4 cm³/mol. The Bertz CT molecular complexity index is 435. The quantitative estimate of drug-likeness (QED) is 0.625. The maximum atomic E-state index is 10.8. The number of aliphatic hydroxyl groups is 1. The Morgan fingerprint density at radius 2 is 2.22 bits per heavy atom. The van der Waals surface area contributed by atoms with Gasteiger partial charge in [-0.2, -0.15) is 0 Å². The number of halogens is 1. The van der Waals surface area contributed by atoms with E-state index in [2.05, 4.69) is 21.2 Å². The summed E-state index contributed by atoms with van der Waals surface area (Å²) in [6.07, 6.45) is 0.653. The van der Waals surface area contributed by atoms with E-state index < -0.39 is 10.5 Å². The van der Waals surface area contributed by atoms with Gasteiger partial charge in [-0.1, -0.05) is 13.0 Å². The van der Waals surface area contributed by atoms with Crippen LogP contribution in [-0.2, 0) is 6.54 Å². The third-order valence-corrected chi connectivity index (χ3v) is 3.47. The van der Waals surface area contributed by atoms with Crippen molar-refractivity contribution in [1.29, 1.82) is 0 Å². The smallest absolute Gasteiger partial charge is 0.283 e. The summed E-state index contributed by atoms with van der Waals surface area (Å²) in [7, 11) is 0. The summed E-state index contributed by atoms with van der Waals surface area (Å²) in [5, 5.41) is 23.7. The zero-order valence-corrected chi connectivity index (χ0v) is 12.0. The molecular formula is C12H17BrN2O3. The lowest BCUT2D eigenvalue weighted by Crippen LogP contribution is -2.36. The second-order valence-corrected chi connectivity index (χ2v) is 5.35. The third-order valence-electron chi connectivity index (χ3n) is 2.80. The van der Waals surface area contributed by atoms with Gasteiger partial charge in [0.1, 0.15) is 0 Å². The van der Waals surface area contributed by atoms with Crippen LogP contribution < -0.4 is 5.32 Å². The molecule has 5 nitrogen and oxygen atoms in total. The van der Waals surface area contributed by atoms with Crippen LogP contribution in [0.4, 0.5) is 5.69 Å². The molecular weight excluding hydrogens is 300 g/mol. The molecule has 0 fully saturated rings. The van der Waals surface area contributed by atoms with Crippen molar-refractivity contribution in [2.24, 2.45) is 0 Å². The molecule has 0 aliphatic heterocycles. The average molecular weight is 317 g/mol. The first kappa shape index (κ1) is 15.1. The maximum Gasteiger partial charge on any atom is 0.283 e. The van der Waals surface area contributed by atoms with Crippen LogP contribution in [0.3, 0.4) is 0 Å². The van der Waals surface area contributed by atoms with Gasteiger partial charge < -0.3 is 10.4 Å². The van der Waals surface area contributed by atoms with Crippen LogP contribution in [0, 0.1) is 10.1 Å². The summed E-state index contributed by atoms with van der Waals surface area (Å²) < 4.78 is 0.469. The molecule has 2 N–H and O–H groups in total. The van der Waals surface area contributed by atoms with Crippen molar-refractivity contribution in [3.8, 4) is 0 Å². The van der Waals surface area contributed by atoms with E-state index >= 15 is 0 Å². The van der Waals surface area contributed by atoms with Gasteiger partial charge in [-0.05, 0) is 40.9 Å². The lowest BCUT2D eigenvalue weighted by molar-refractivity contribution is -0.385. The Kier molecular flexibility index (Phi) is 5.25. The number of hydrogen-bond acceptors (Lipinski definition) is 4. The number of nitrogens with one attached hydrogen (secondary N) is 1. The molecule has 0 radical (unpaired) electrons. The van der Waals surface area contributed by atoms with Crippen LogP contribution in [-0.4, -0.2) is 22.2 Å². The zero-order chi connectivity index (χ0) is 13.8. The molecule has 1 aromatic carbocycles. The molecule has 0 bridgehead atoms. The highest BCUT2D eigenvalue weighted by Crippen LogP contribution is 2.25. The standard InChI is InChI=1S/C12H17BrN2O3/c1-3-12(2,16)8-14-7-9-4-5-10(13)11(6-9)15(17)18/h4-6,14,16H,3,7-8H2,1-2H3. The minimum atomic E-state index is -0.749. The lowest BCUT2D eigenvalue weighted by atomic mass is 10.0. The summed E-state index contributed by atoms with van der Waals surface area (Å²) in [6, 6.07) is 5.00. The van der Waals surface area contributed by atoms with Crippen LogP contribution in [0.1, 0.15) is 25.8 Å². The zero-order valence-electron chi connectivity index (χ0n) is 10.4. The second-order valence-electron chi connectivity index (χ2n) is 4.50. The Balaban J connectivity index is 2.64. The van der Waals surface area contributed by atoms with E-state index in [-0.39, 0.29) is 5.69 Å². The van der Waals surface area contributed by atoms with E-state index in [1.807, 2.05) is 13.0 Å². The monoisotopic (exact) mass is 316 g/mol. The molecule has 0 amide bonds. The van der Waals surface area contributed by atoms with Gasteiger partial charge >= 0.3 is 0 Å². The normalized spacial score (nSPS) is 14.2. The summed E-state index contributed by atoms with van der Waals surface area (Å²) >= 11 is 3.14. The summed E-state index contributed by atoms with van der Waals surface area (Å²) in [6.45, 7) is 4.60. The number of nitro benzene ring substituents is 1. The molecule has 0 spiro atoms. The fourth-order valence-electron chi connectivity index (χ4n) is 1.41. The highest BCUT2D eigenvalue weighted by Gasteiger charge is 2.17. The van der Waals surface area contributed by atoms with Crippen LogP contribution >= 0.6 is 15.9 Å². The molecule has 0 aliphatic carbocycles. The number of benzene rings is 1. The molecule has 1 unspecified atom stereocenters. The molecule has 6 heteroatoms. The van der Waals surface area contributed by atoms with E-state index in [0.29, 0.717) is 24.0 Å². The van der Waals surface area contributed by atoms with E-state index in [1.54, 1.807) is 13.0 Å². The van der Waals surface area contributed by atoms with Crippen molar-refractivity contribution in [1.82, 2.24) is 5.32 Å². The molecule has 0 saturated heterocycles. The van der Waals surface area contributed by atoms with Crippen LogP contribution in [0.15, 0.2) is 22.7 Å². The van der Waals surface area contributed by atoms with Gasteiger partial charge in [0.15, 0.2) is 0 Å². The molecule has 0 heterocycles. The molecule has 0 aromatic heterocycles. The van der Waals surface area contributed by atoms with Gasteiger partial charge in [-0.25, -0.2) is 0 Å². The first-order chi connectivity index (χ1) is 8.35. The Morgan fingerprint density at radius 1 is 1.56 bits per heavy atom. The van der Waals surface area contributed by atoms with Gasteiger partial charge in [0.2, 0.25) is 0 Å². The van der Waals surface area contributed by atoms with E-state index in [9.17, 15) is 15.2 Å². The van der Waals surface area contributed by atoms with Crippen molar-refractivity contribution >= 4 is 21.6 Å². The fourth-order valence-corrected chi connectivity index (χ4v) is 1.80. The maximum absolute atomic E-state index is 10.8. The lowest BCUT2D eigenvalue weighted by Gasteiger charge is -2.21. The first-order valence-electron chi connectivity index (χ1n) is 5.71. The molecule has 0 saturated carbocycles. The largest absolute Gasteiger partial charge is 0.389 e. The van der Waals surface area contributed by atoms with Crippen molar-refractivity contribution in [2.75, 3.05) is 6.54 Å². The fraction of sp³-hybridized carbons (Fsp3) is 0.500. The number of hydrogen-bond donors (Lipinski definition) is 2. The second kappa shape index (κ2) is 6.26. The first-order valence-corrected chi connectivity index (χ1v) is 6.51. The van der Waals surface area contributed by atoms with E-state index in [1.165, 1.54) is 6.07 Å². The van der Waals surface area contributed by atoms with Crippen molar-refractivity contribution in [2.45, 2.75) is 32.4 Å². The minimum absolute atomic E-state index is 0.0524. The molecule has 1 aromatic rings. The molecule has 1 rings (SSSR count). The number of nitrogens with zero attached hydrogens (tertiary/aromatic N) is 1. The van der Waals surface area contributed by atoms with Crippen LogP contribution in [0.5, 0.6) is 0 Å². The van der Waals surface area contributed by atoms with Crippen LogP contribution in [0.25, 0.3) is 0 Å². The molecule has 100 valence electrons. The minimum Gasteiger partial charge on any atom is -0.389 e. The van der Waals surface area contributed by atoms with Gasteiger partial charge in [-0.3, -0.25) is 10.1 Å². The van der Waals surface area contributed by atoms with Gasteiger partial charge in [0.05, 0.1) is 15.0 Å². The van der Waals surface area contributed by atoms with Gasteiger partial charge in [-0.15, -0.1) is 0 Å². The molecule has 0 aliphatic rings. The number of nitro groups is 1. The van der Waals surface area contributed by atoms with Gasteiger partial charge in [0.25, 0.3) is 5.69 Å². The highest BCUT2D eigenvalue weighted by atomic mass is 79.9. The molecule has 18 heavy (non-hydrogen) atoms. The third kappa shape index (κ3) is 4.36. The summed E-state index contributed by atoms with van der Waals surface area (Å²) in [5.74, 6) is 0. The van der Waals surface area contributed by atoms with Crippen molar-refractivity contribution in [3.63, 3.8) is 0 Å². The summed E-state index contributed by atoms with van der Waals surface area (Å²) in [4.78, 5) is 10.3. The Morgan fingerprint density at radius 3 is 2.78 bits per heavy atom. The van der Waals surface area contributed by atoms with Gasteiger partial charge in [0, 0.05) is 19.2 Å². The average Bonchev–Trinajstić information content (AvgIpc) is 2.31. The van der Waals surface area contributed by atoms with Crippen LogP contribution in [0.2, 0.25) is 0 Å². The highest BCUT2D eigenvalue weighted by molar-refractivity contribution is 9.10. The molecule has 1 atom stereocenters. The predicted octanol–water partition coefficient (Wildman–Crippen LogP) is 2.61.